The van der Waals surface area contributed by atoms with E-state index >= 15 is 0 Å². The van der Waals surface area contributed by atoms with Gasteiger partial charge in [0.15, 0.2) is 5.82 Å². The van der Waals surface area contributed by atoms with Crippen molar-refractivity contribution >= 4 is 0 Å². The van der Waals surface area contributed by atoms with Crippen LogP contribution >= 0.6 is 0 Å². The van der Waals surface area contributed by atoms with Crippen molar-refractivity contribution in [1.82, 2.24) is 25.5 Å². The summed E-state index contributed by atoms with van der Waals surface area (Å²) in [5.74, 6) is 2.44. The van der Waals surface area contributed by atoms with E-state index in [2.05, 4.69) is 34.6 Å². The lowest BCUT2D eigenvalue weighted by Crippen LogP contribution is -2.36. The van der Waals surface area contributed by atoms with E-state index in [0.29, 0.717) is 6.04 Å². The Labute approximate surface area is 96.6 Å². The van der Waals surface area contributed by atoms with Crippen LogP contribution in [0.2, 0.25) is 0 Å². The molecule has 0 aliphatic heterocycles. The van der Waals surface area contributed by atoms with E-state index in [-0.39, 0.29) is 0 Å². The van der Waals surface area contributed by atoms with Crippen LogP contribution in [0.3, 0.4) is 0 Å². The summed E-state index contributed by atoms with van der Waals surface area (Å²) in [6, 6.07) is 0.613. The van der Waals surface area contributed by atoms with E-state index in [1.54, 1.807) is 7.05 Å². The zero-order chi connectivity index (χ0) is 11.5. The molecule has 2 rings (SSSR count). The summed E-state index contributed by atoms with van der Waals surface area (Å²) in [6.45, 7) is 5.41. The quantitative estimate of drug-likeness (QED) is 0.834. The molecular formula is C11H21N5. The zero-order valence-electron chi connectivity index (χ0n) is 10.3. The molecule has 5 nitrogen and oxygen atoms in total. The first kappa shape index (κ1) is 11.5. The first-order chi connectivity index (χ1) is 7.63. The second-order valence-electron chi connectivity index (χ2n) is 5.19. The van der Waals surface area contributed by atoms with Gasteiger partial charge in [-0.15, -0.1) is 10.2 Å². The molecule has 0 aromatic carbocycles. The number of aromatic nitrogens is 4. The first-order valence-electron chi connectivity index (χ1n) is 6.09. The Morgan fingerprint density at radius 2 is 1.94 bits per heavy atom. The van der Waals surface area contributed by atoms with Crippen molar-refractivity contribution in [2.24, 2.45) is 18.9 Å². The van der Waals surface area contributed by atoms with Crippen molar-refractivity contribution in [2.45, 2.75) is 45.7 Å². The second kappa shape index (κ2) is 4.91. The molecule has 1 saturated carbocycles. The molecule has 1 N–H and O–H groups in total. The molecule has 0 saturated heterocycles. The van der Waals surface area contributed by atoms with Gasteiger partial charge < -0.3 is 5.32 Å². The van der Waals surface area contributed by atoms with Gasteiger partial charge >= 0.3 is 0 Å². The molecule has 5 heteroatoms. The highest BCUT2D eigenvalue weighted by atomic mass is 15.6. The van der Waals surface area contributed by atoms with Crippen LogP contribution in [-0.2, 0) is 13.6 Å². The maximum atomic E-state index is 4.17. The minimum Gasteiger partial charge on any atom is -0.307 e. The summed E-state index contributed by atoms with van der Waals surface area (Å²) in [4.78, 5) is 1.50. The average molecular weight is 223 g/mol. The van der Waals surface area contributed by atoms with Gasteiger partial charge in [0.2, 0.25) is 0 Å². The first-order valence-corrected chi connectivity index (χ1v) is 6.09. The summed E-state index contributed by atoms with van der Waals surface area (Å²) in [7, 11) is 1.79. The Bertz CT molecular complexity index is 325. The fourth-order valence-electron chi connectivity index (χ4n) is 2.74. The Morgan fingerprint density at radius 1 is 1.25 bits per heavy atom. The fourth-order valence-corrected chi connectivity index (χ4v) is 2.74. The number of nitrogens with zero attached hydrogens (tertiary/aromatic N) is 4. The highest BCUT2D eigenvalue weighted by molar-refractivity contribution is 4.83. The van der Waals surface area contributed by atoms with Gasteiger partial charge in [-0.25, -0.2) is 0 Å². The van der Waals surface area contributed by atoms with Gasteiger partial charge in [0.25, 0.3) is 0 Å². The van der Waals surface area contributed by atoms with Gasteiger partial charge in [-0.05, 0) is 36.3 Å². The third-order valence-corrected chi connectivity index (χ3v) is 3.28. The predicted molar refractivity (Wildman–Crippen MR) is 61.6 cm³/mol. The number of hydrogen-bond donors (Lipinski definition) is 1. The summed E-state index contributed by atoms with van der Waals surface area (Å²) < 4.78 is 0. The van der Waals surface area contributed by atoms with Gasteiger partial charge in [0.1, 0.15) is 0 Å². The van der Waals surface area contributed by atoms with Crippen molar-refractivity contribution in [3.05, 3.63) is 5.82 Å². The zero-order valence-corrected chi connectivity index (χ0v) is 10.3. The largest absolute Gasteiger partial charge is 0.307 e. The molecule has 0 amide bonds. The highest BCUT2D eigenvalue weighted by Crippen LogP contribution is 2.28. The van der Waals surface area contributed by atoms with E-state index < -0.39 is 0 Å². The molecule has 0 bridgehead atoms. The molecule has 1 aliphatic carbocycles. The van der Waals surface area contributed by atoms with Crippen molar-refractivity contribution in [3.8, 4) is 0 Å². The van der Waals surface area contributed by atoms with Crippen LogP contribution in [0.5, 0.6) is 0 Å². The Kier molecular flexibility index (Phi) is 3.53. The van der Waals surface area contributed by atoms with Crippen LogP contribution in [-0.4, -0.2) is 26.2 Å². The molecule has 0 radical (unpaired) electrons. The maximum absolute atomic E-state index is 4.17. The summed E-state index contributed by atoms with van der Waals surface area (Å²) in [5.41, 5.74) is 0. The van der Waals surface area contributed by atoms with Crippen LogP contribution in [0.4, 0.5) is 0 Å². The minimum absolute atomic E-state index is 0.613. The van der Waals surface area contributed by atoms with Crippen molar-refractivity contribution in [1.29, 1.82) is 0 Å². The molecule has 1 fully saturated rings. The van der Waals surface area contributed by atoms with Crippen LogP contribution < -0.4 is 5.32 Å². The van der Waals surface area contributed by atoms with Crippen molar-refractivity contribution in [2.75, 3.05) is 0 Å². The summed E-state index contributed by atoms with van der Waals surface area (Å²) >= 11 is 0. The number of hydrogen-bond acceptors (Lipinski definition) is 4. The van der Waals surface area contributed by atoms with Crippen LogP contribution in [0.25, 0.3) is 0 Å². The van der Waals surface area contributed by atoms with Crippen LogP contribution in [0.15, 0.2) is 0 Å². The van der Waals surface area contributed by atoms with Gasteiger partial charge in [-0.2, -0.15) is 4.80 Å². The predicted octanol–water partition coefficient (Wildman–Crippen LogP) is 1.12. The number of rotatable bonds is 3. The Balaban J connectivity index is 1.81. The smallest absolute Gasteiger partial charge is 0.188 e. The van der Waals surface area contributed by atoms with E-state index in [9.17, 15) is 0 Å². The molecule has 1 aromatic heterocycles. The molecule has 1 aromatic rings. The van der Waals surface area contributed by atoms with Gasteiger partial charge in [0, 0.05) is 6.04 Å². The standard InChI is InChI=1S/C11H21N5/c1-8-4-9(2)6-10(5-8)12-7-11-13-15-16(3)14-11/h8-10,12H,4-7H2,1-3H3. The third kappa shape index (κ3) is 3.01. The Hall–Kier alpha value is -0.970. The molecule has 0 spiro atoms. The number of aryl methyl sites for hydroxylation is 1. The number of nitrogens with one attached hydrogen (secondary N) is 1. The lowest BCUT2D eigenvalue weighted by molar-refractivity contribution is 0.237. The van der Waals surface area contributed by atoms with Gasteiger partial charge in [-0.3, -0.25) is 0 Å². The summed E-state index contributed by atoms with van der Waals surface area (Å²) in [6.07, 6.45) is 3.90. The lowest BCUT2D eigenvalue weighted by Gasteiger charge is -2.31. The number of tetrazole rings is 1. The monoisotopic (exact) mass is 223 g/mol. The second-order valence-corrected chi connectivity index (χ2v) is 5.19. The lowest BCUT2D eigenvalue weighted by atomic mass is 9.80. The van der Waals surface area contributed by atoms with Crippen LogP contribution in [0, 0.1) is 11.8 Å². The molecule has 16 heavy (non-hydrogen) atoms. The summed E-state index contributed by atoms with van der Waals surface area (Å²) in [5, 5.41) is 15.5. The molecule has 90 valence electrons. The molecular weight excluding hydrogens is 202 g/mol. The van der Waals surface area contributed by atoms with Crippen molar-refractivity contribution < 1.29 is 0 Å². The van der Waals surface area contributed by atoms with Gasteiger partial charge in [-0.1, -0.05) is 13.8 Å². The van der Waals surface area contributed by atoms with Crippen LogP contribution in [0.1, 0.15) is 38.9 Å². The fraction of sp³-hybridized carbons (Fsp3) is 0.909. The topological polar surface area (TPSA) is 55.6 Å². The minimum atomic E-state index is 0.613. The molecule has 1 aliphatic rings. The molecule has 2 atom stereocenters. The SMILES string of the molecule is CC1CC(C)CC(NCc2nnn(C)n2)C1. The molecule has 1 heterocycles. The highest BCUT2D eigenvalue weighted by Gasteiger charge is 2.23. The van der Waals surface area contributed by atoms with E-state index in [0.717, 1.165) is 24.2 Å². The van der Waals surface area contributed by atoms with E-state index in [1.807, 2.05) is 0 Å². The maximum Gasteiger partial charge on any atom is 0.188 e. The Morgan fingerprint density at radius 3 is 2.50 bits per heavy atom. The third-order valence-electron chi connectivity index (χ3n) is 3.28. The van der Waals surface area contributed by atoms with Gasteiger partial charge in [0.05, 0.1) is 13.6 Å². The molecule has 2 unspecified atom stereocenters. The van der Waals surface area contributed by atoms with E-state index in [1.165, 1.54) is 24.1 Å². The average Bonchev–Trinajstić information content (AvgIpc) is 2.60. The van der Waals surface area contributed by atoms with E-state index in [4.69, 9.17) is 0 Å². The normalized spacial score (nSPS) is 30.6. The van der Waals surface area contributed by atoms with Crippen molar-refractivity contribution in [3.63, 3.8) is 0 Å².